The molecule has 0 atom stereocenters. The third kappa shape index (κ3) is 7.15. The van der Waals surface area contributed by atoms with Crippen molar-refractivity contribution in [2.24, 2.45) is 0 Å². The first-order valence-electron chi connectivity index (χ1n) is 11.4. The molecule has 0 bridgehead atoms. The number of hydrogen-bond donors (Lipinski definition) is 1. The van der Waals surface area contributed by atoms with Gasteiger partial charge >= 0.3 is 0 Å². The summed E-state index contributed by atoms with van der Waals surface area (Å²) in [5.74, 6) is -0.0757. The van der Waals surface area contributed by atoms with E-state index in [0.717, 1.165) is 42.5 Å². The average Bonchev–Trinajstić information content (AvgIpc) is 3.07. The summed E-state index contributed by atoms with van der Waals surface area (Å²) in [5, 5.41) is 2.93. The van der Waals surface area contributed by atoms with E-state index in [1.807, 2.05) is 50.2 Å². The molecule has 0 saturated carbocycles. The van der Waals surface area contributed by atoms with Crippen molar-refractivity contribution in [3.8, 4) is 0 Å². The van der Waals surface area contributed by atoms with Crippen LogP contribution in [0.4, 0.5) is 5.69 Å². The highest BCUT2D eigenvalue weighted by Gasteiger charge is 2.24. The van der Waals surface area contributed by atoms with Gasteiger partial charge < -0.3 is 10.1 Å². The highest BCUT2D eigenvalue weighted by Crippen LogP contribution is 2.21. The van der Waals surface area contributed by atoms with Gasteiger partial charge in [-0.1, -0.05) is 37.1 Å². The molecule has 2 aromatic carbocycles. The Morgan fingerprint density at radius 3 is 2.34 bits per heavy atom. The Bertz CT molecular complexity index is 979. The molecular formula is C25H34N2O4S. The summed E-state index contributed by atoms with van der Waals surface area (Å²) in [6.45, 7) is 5.67. The molecule has 1 aliphatic rings. The van der Waals surface area contributed by atoms with E-state index in [4.69, 9.17) is 4.74 Å². The molecule has 6 nitrogen and oxygen atoms in total. The second-order valence-electron chi connectivity index (χ2n) is 8.57. The van der Waals surface area contributed by atoms with Crippen molar-refractivity contribution in [1.82, 2.24) is 4.31 Å². The van der Waals surface area contributed by atoms with Crippen LogP contribution in [-0.4, -0.2) is 37.8 Å². The molecule has 1 N–H and O–H groups in total. The molecule has 0 spiro atoms. The second-order valence-corrected chi connectivity index (χ2v) is 10.5. The van der Waals surface area contributed by atoms with Crippen molar-refractivity contribution in [2.45, 2.75) is 70.0 Å². The van der Waals surface area contributed by atoms with Crippen LogP contribution in [0.3, 0.4) is 0 Å². The molecule has 0 radical (unpaired) electrons. The molecule has 1 aliphatic heterocycles. The predicted octanol–water partition coefficient (Wildman–Crippen LogP) is 4.75. The fourth-order valence-corrected chi connectivity index (χ4v) is 5.26. The molecule has 2 aromatic rings. The Labute approximate surface area is 192 Å². The summed E-state index contributed by atoms with van der Waals surface area (Å²) in [5.41, 5.74) is 2.70. The molecule has 3 rings (SSSR count). The molecule has 32 heavy (non-hydrogen) atoms. The van der Waals surface area contributed by atoms with E-state index in [1.165, 1.54) is 0 Å². The predicted molar refractivity (Wildman–Crippen MR) is 127 cm³/mol. The molecule has 0 unspecified atom stereocenters. The van der Waals surface area contributed by atoms with Crippen LogP contribution in [0, 0.1) is 0 Å². The molecule has 174 valence electrons. The lowest BCUT2D eigenvalue weighted by Gasteiger charge is -2.20. The van der Waals surface area contributed by atoms with Crippen molar-refractivity contribution < 1.29 is 17.9 Å². The van der Waals surface area contributed by atoms with Crippen LogP contribution in [0.1, 0.15) is 57.1 Å². The van der Waals surface area contributed by atoms with Gasteiger partial charge in [0.15, 0.2) is 0 Å². The lowest BCUT2D eigenvalue weighted by atomic mass is 10.1. The van der Waals surface area contributed by atoms with E-state index in [2.05, 4.69) is 5.32 Å². The number of anilines is 1. The first-order valence-corrected chi connectivity index (χ1v) is 12.9. The number of hydrogen-bond acceptors (Lipinski definition) is 4. The van der Waals surface area contributed by atoms with Crippen molar-refractivity contribution in [3.63, 3.8) is 0 Å². The maximum absolute atomic E-state index is 12.9. The summed E-state index contributed by atoms with van der Waals surface area (Å²) >= 11 is 0. The van der Waals surface area contributed by atoms with Crippen LogP contribution < -0.4 is 5.32 Å². The zero-order chi connectivity index (χ0) is 23.0. The fourth-order valence-electron chi connectivity index (χ4n) is 3.74. The maximum Gasteiger partial charge on any atom is 0.243 e. The first-order chi connectivity index (χ1) is 15.3. The number of aryl methyl sites for hydroxylation is 1. The van der Waals surface area contributed by atoms with Crippen LogP contribution in [-0.2, 0) is 32.6 Å². The Balaban J connectivity index is 1.52. The second kappa shape index (κ2) is 11.6. The van der Waals surface area contributed by atoms with Crippen molar-refractivity contribution in [2.75, 3.05) is 18.4 Å². The number of carbonyl (C=O) groups is 1. The molecule has 0 aromatic heterocycles. The first kappa shape index (κ1) is 24.4. The number of rotatable bonds is 9. The molecular weight excluding hydrogens is 424 g/mol. The van der Waals surface area contributed by atoms with Crippen LogP contribution in [0.5, 0.6) is 0 Å². The Morgan fingerprint density at radius 1 is 1.00 bits per heavy atom. The topological polar surface area (TPSA) is 75.7 Å². The van der Waals surface area contributed by atoms with Gasteiger partial charge in [0, 0.05) is 25.2 Å². The fraction of sp³-hybridized carbons (Fsp3) is 0.480. The monoisotopic (exact) mass is 458 g/mol. The van der Waals surface area contributed by atoms with Crippen LogP contribution in [0.25, 0.3) is 0 Å². The lowest BCUT2D eigenvalue weighted by Crippen LogP contribution is -2.31. The summed E-state index contributed by atoms with van der Waals surface area (Å²) in [6.07, 6.45) is 5.03. The van der Waals surface area contributed by atoms with Gasteiger partial charge in [-0.05, 0) is 68.5 Å². The number of amides is 1. The minimum atomic E-state index is -3.44. The van der Waals surface area contributed by atoms with Gasteiger partial charge in [-0.25, -0.2) is 8.42 Å². The third-order valence-electron chi connectivity index (χ3n) is 5.56. The number of ether oxygens (including phenoxy) is 1. The highest BCUT2D eigenvalue weighted by atomic mass is 32.2. The SMILES string of the molecule is CC(C)OCc1cccc(NC(=O)CCc2ccc(S(=O)(=O)N3CCCCCC3)cc2)c1. The Morgan fingerprint density at radius 2 is 1.69 bits per heavy atom. The van der Waals surface area contributed by atoms with Gasteiger partial charge in [0.25, 0.3) is 0 Å². The van der Waals surface area contributed by atoms with Gasteiger partial charge in [-0.3, -0.25) is 4.79 Å². The van der Waals surface area contributed by atoms with E-state index in [-0.39, 0.29) is 12.0 Å². The van der Waals surface area contributed by atoms with Crippen LogP contribution in [0.2, 0.25) is 0 Å². The van der Waals surface area contributed by atoms with Crippen LogP contribution >= 0.6 is 0 Å². The van der Waals surface area contributed by atoms with Gasteiger partial charge in [-0.2, -0.15) is 4.31 Å². The van der Waals surface area contributed by atoms with E-state index >= 15 is 0 Å². The van der Waals surface area contributed by atoms with E-state index in [1.54, 1.807) is 16.4 Å². The summed E-state index contributed by atoms with van der Waals surface area (Å²) < 4.78 is 33.0. The molecule has 7 heteroatoms. The Hall–Kier alpha value is -2.22. The van der Waals surface area contributed by atoms with Crippen molar-refractivity contribution >= 4 is 21.6 Å². The number of carbonyl (C=O) groups excluding carboxylic acids is 1. The molecule has 1 heterocycles. The quantitative estimate of drug-likeness (QED) is 0.588. The lowest BCUT2D eigenvalue weighted by molar-refractivity contribution is -0.116. The third-order valence-corrected chi connectivity index (χ3v) is 7.47. The molecule has 1 fully saturated rings. The molecule has 1 saturated heterocycles. The number of nitrogens with zero attached hydrogens (tertiary/aromatic N) is 1. The van der Waals surface area contributed by atoms with Crippen molar-refractivity contribution in [1.29, 1.82) is 0 Å². The van der Waals surface area contributed by atoms with Gasteiger partial charge in [0.2, 0.25) is 15.9 Å². The van der Waals surface area contributed by atoms with E-state index < -0.39 is 10.0 Å². The number of nitrogens with one attached hydrogen (secondary N) is 1. The normalized spacial score (nSPS) is 15.5. The van der Waals surface area contributed by atoms with Gasteiger partial charge in [0.05, 0.1) is 17.6 Å². The summed E-state index contributed by atoms with van der Waals surface area (Å²) in [7, 11) is -3.44. The van der Waals surface area contributed by atoms with E-state index in [0.29, 0.717) is 37.4 Å². The molecule has 1 amide bonds. The smallest absolute Gasteiger partial charge is 0.243 e. The highest BCUT2D eigenvalue weighted by molar-refractivity contribution is 7.89. The van der Waals surface area contributed by atoms with Gasteiger partial charge in [-0.15, -0.1) is 0 Å². The van der Waals surface area contributed by atoms with Gasteiger partial charge in [0.1, 0.15) is 0 Å². The zero-order valence-corrected chi connectivity index (χ0v) is 19.9. The Kier molecular flexibility index (Phi) is 8.84. The van der Waals surface area contributed by atoms with Crippen molar-refractivity contribution in [3.05, 3.63) is 59.7 Å². The minimum absolute atomic E-state index is 0.0757. The number of benzene rings is 2. The summed E-state index contributed by atoms with van der Waals surface area (Å²) in [6, 6.07) is 14.6. The van der Waals surface area contributed by atoms with E-state index in [9.17, 15) is 13.2 Å². The molecule has 0 aliphatic carbocycles. The summed E-state index contributed by atoms with van der Waals surface area (Å²) in [4.78, 5) is 12.7. The average molecular weight is 459 g/mol. The maximum atomic E-state index is 12.9. The van der Waals surface area contributed by atoms with Crippen LogP contribution in [0.15, 0.2) is 53.4 Å². The number of sulfonamides is 1. The standard InChI is InChI=1S/C25H34N2O4S/c1-20(2)31-19-22-8-7-9-23(18-22)26-25(28)15-12-21-10-13-24(14-11-21)32(29,30)27-16-5-3-4-6-17-27/h7-11,13-14,18,20H,3-6,12,15-17,19H2,1-2H3,(H,26,28). The minimum Gasteiger partial charge on any atom is -0.374 e. The largest absolute Gasteiger partial charge is 0.374 e. The zero-order valence-electron chi connectivity index (χ0n) is 19.0.